The number of carbonyl (C=O) groups is 2. The first-order valence-electron chi connectivity index (χ1n) is 8.08. The van der Waals surface area contributed by atoms with Crippen molar-refractivity contribution < 1.29 is 19.4 Å². The molecule has 0 aromatic rings. The minimum Gasteiger partial charge on any atom is -0.466 e. The minimum atomic E-state index is -0.282. The normalized spacial score (nSPS) is 22.1. The topological polar surface area (TPSA) is 63.6 Å². The summed E-state index contributed by atoms with van der Waals surface area (Å²) in [5, 5.41) is 8.69. The highest BCUT2D eigenvalue weighted by atomic mass is 16.5. The van der Waals surface area contributed by atoms with Crippen molar-refractivity contribution in [1.29, 1.82) is 0 Å². The number of carbonyl (C=O) groups excluding carboxylic acids is 2. The van der Waals surface area contributed by atoms with Crippen LogP contribution in [0.4, 0.5) is 0 Å². The SMILES string of the molecule is CC(=O)OCC[C@@H]1C(=O)CC[C@@H]1C=CCCCCCCO. The highest BCUT2D eigenvalue weighted by molar-refractivity contribution is 5.83. The summed E-state index contributed by atoms with van der Waals surface area (Å²) in [6, 6.07) is 0. The second-order valence-corrected chi connectivity index (χ2v) is 5.76. The number of aliphatic hydroxyl groups excluding tert-OH is 1. The van der Waals surface area contributed by atoms with E-state index in [1.807, 2.05) is 0 Å². The third-order valence-electron chi connectivity index (χ3n) is 4.05. The molecule has 1 N–H and O–H groups in total. The highest BCUT2D eigenvalue weighted by Gasteiger charge is 2.32. The first-order valence-corrected chi connectivity index (χ1v) is 8.08. The standard InChI is InChI=1S/C17H28O4/c1-14(19)21-13-11-16-15(9-10-17(16)20)8-6-4-2-3-5-7-12-18/h6,8,15-16,18H,2-5,7,9-13H2,1H3/t15-,16-/m0/s1. The highest BCUT2D eigenvalue weighted by Crippen LogP contribution is 2.32. The molecule has 0 aromatic carbocycles. The Morgan fingerprint density at radius 3 is 2.81 bits per heavy atom. The number of hydrogen-bond acceptors (Lipinski definition) is 4. The van der Waals surface area contributed by atoms with Gasteiger partial charge >= 0.3 is 5.97 Å². The van der Waals surface area contributed by atoms with Crippen LogP contribution < -0.4 is 0 Å². The van der Waals surface area contributed by atoms with E-state index < -0.39 is 0 Å². The fraction of sp³-hybridized carbons (Fsp3) is 0.765. The second kappa shape index (κ2) is 10.6. The molecule has 0 aliphatic heterocycles. The molecule has 0 spiro atoms. The molecular weight excluding hydrogens is 268 g/mol. The zero-order valence-electron chi connectivity index (χ0n) is 13.1. The molecule has 0 radical (unpaired) electrons. The van der Waals surface area contributed by atoms with Crippen molar-refractivity contribution in [3.8, 4) is 0 Å². The first kappa shape index (κ1) is 17.9. The lowest BCUT2D eigenvalue weighted by Gasteiger charge is -2.14. The van der Waals surface area contributed by atoms with Gasteiger partial charge in [0.15, 0.2) is 0 Å². The molecule has 4 nitrogen and oxygen atoms in total. The molecule has 1 fully saturated rings. The van der Waals surface area contributed by atoms with E-state index in [0.717, 1.165) is 38.5 Å². The number of ketones is 1. The zero-order chi connectivity index (χ0) is 15.5. The molecule has 1 aliphatic carbocycles. The van der Waals surface area contributed by atoms with Crippen molar-refractivity contribution in [3.05, 3.63) is 12.2 Å². The molecule has 1 saturated carbocycles. The van der Waals surface area contributed by atoms with Gasteiger partial charge in [0.1, 0.15) is 5.78 Å². The van der Waals surface area contributed by atoms with Gasteiger partial charge in [0.25, 0.3) is 0 Å². The van der Waals surface area contributed by atoms with E-state index >= 15 is 0 Å². The number of aliphatic hydroxyl groups is 1. The Hall–Kier alpha value is -1.16. The predicted molar refractivity (Wildman–Crippen MR) is 81.8 cm³/mol. The smallest absolute Gasteiger partial charge is 0.302 e. The zero-order valence-corrected chi connectivity index (χ0v) is 13.1. The van der Waals surface area contributed by atoms with E-state index in [0.29, 0.717) is 31.1 Å². The van der Waals surface area contributed by atoms with Gasteiger partial charge < -0.3 is 9.84 Å². The van der Waals surface area contributed by atoms with Crippen molar-refractivity contribution in [1.82, 2.24) is 0 Å². The van der Waals surface area contributed by atoms with Gasteiger partial charge in [-0.25, -0.2) is 0 Å². The average Bonchev–Trinajstić information content (AvgIpc) is 2.79. The Balaban J connectivity index is 2.24. The van der Waals surface area contributed by atoms with Gasteiger partial charge in [-0.1, -0.05) is 25.0 Å². The van der Waals surface area contributed by atoms with Crippen LogP contribution in [0.5, 0.6) is 0 Å². The summed E-state index contributed by atoms with van der Waals surface area (Å²) >= 11 is 0. The summed E-state index contributed by atoms with van der Waals surface area (Å²) in [5.74, 6) is 0.357. The maximum absolute atomic E-state index is 11.9. The van der Waals surface area contributed by atoms with Crippen LogP contribution in [0, 0.1) is 11.8 Å². The van der Waals surface area contributed by atoms with Crippen LogP contribution in [0.15, 0.2) is 12.2 Å². The van der Waals surface area contributed by atoms with E-state index in [1.165, 1.54) is 6.92 Å². The lowest BCUT2D eigenvalue weighted by Crippen LogP contribution is -2.16. The van der Waals surface area contributed by atoms with Gasteiger partial charge in [0.2, 0.25) is 0 Å². The fourth-order valence-electron chi connectivity index (χ4n) is 2.87. The number of Topliss-reactive ketones (excluding diaryl/α,β-unsaturated/α-hetero) is 1. The Morgan fingerprint density at radius 2 is 2.10 bits per heavy atom. The number of rotatable bonds is 10. The van der Waals surface area contributed by atoms with Crippen LogP contribution in [0.3, 0.4) is 0 Å². The quantitative estimate of drug-likeness (QED) is 0.382. The molecule has 0 aromatic heterocycles. The van der Waals surface area contributed by atoms with E-state index in [2.05, 4.69) is 12.2 Å². The lowest BCUT2D eigenvalue weighted by atomic mass is 9.92. The number of unbranched alkanes of at least 4 members (excludes halogenated alkanes) is 4. The molecule has 1 rings (SSSR count). The van der Waals surface area contributed by atoms with E-state index in [1.54, 1.807) is 0 Å². The summed E-state index contributed by atoms with van der Waals surface area (Å²) in [6.45, 7) is 2.02. The maximum atomic E-state index is 11.9. The van der Waals surface area contributed by atoms with Gasteiger partial charge in [-0.3, -0.25) is 9.59 Å². The molecule has 2 atom stereocenters. The first-order chi connectivity index (χ1) is 10.1. The molecule has 1 aliphatic rings. The molecule has 21 heavy (non-hydrogen) atoms. The van der Waals surface area contributed by atoms with Crippen LogP contribution in [0.25, 0.3) is 0 Å². The van der Waals surface area contributed by atoms with Gasteiger partial charge in [-0.05, 0) is 38.0 Å². The number of ether oxygens (including phenoxy) is 1. The van der Waals surface area contributed by atoms with E-state index in [4.69, 9.17) is 9.84 Å². The van der Waals surface area contributed by atoms with Gasteiger partial charge in [-0.15, -0.1) is 0 Å². The van der Waals surface area contributed by atoms with Gasteiger partial charge in [0.05, 0.1) is 6.61 Å². The lowest BCUT2D eigenvalue weighted by molar-refractivity contribution is -0.142. The molecular formula is C17H28O4. The summed E-state index contributed by atoms with van der Waals surface area (Å²) < 4.78 is 4.95. The maximum Gasteiger partial charge on any atom is 0.302 e. The summed E-state index contributed by atoms with van der Waals surface area (Å²) in [7, 11) is 0. The molecule has 0 heterocycles. The monoisotopic (exact) mass is 296 g/mol. The van der Waals surface area contributed by atoms with Crippen LogP contribution in [-0.2, 0) is 14.3 Å². The number of esters is 1. The average molecular weight is 296 g/mol. The van der Waals surface area contributed by atoms with Crippen molar-refractivity contribution in [3.63, 3.8) is 0 Å². The summed E-state index contributed by atoms with van der Waals surface area (Å²) in [6.07, 6.45) is 11.9. The van der Waals surface area contributed by atoms with Crippen molar-refractivity contribution >= 4 is 11.8 Å². The van der Waals surface area contributed by atoms with E-state index in [9.17, 15) is 9.59 Å². The molecule has 0 bridgehead atoms. The Kier molecular flexibility index (Phi) is 8.99. The van der Waals surface area contributed by atoms with Crippen molar-refractivity contribution in [2.24, 2.45) is 11.8 Å². The van der Waals surface area contributed by atoms with Gasteiger partial charge in [-0.2, -0.15) is 0 Å². The third-order valence-corrected chi connectivity index (χ3v) is 4.05. The Morgan fingerprint density at radius 1 is 1.33 bits per heavy atom. The predicted octanol–water partition coefficient (Wildman–Crippen LogP) is 3.03. The minimum absolute atomic E-state index is 0.0231. The Labute approximate surface area is 127 Å². The summed E-state index contributed by atoms with van der Waals surface area (Å²) in [5.41, 5.74) is 0. The van der Waals surface area contributed by atoms with Crippen LogP contribution >= 0.6 is 0 Å². The van der Waals surface area contributed by atoms with Crippen molar-refractivity contribution in [2.75, 3.05) is 13.2 Å². The van der Waals surface area contributed by atoms with E-state index in [-0.39, 0.29) is 18.5 Å². The third kappa shape index (κ3) is 7.42. The second-order valence-electron chi connectivity index (χ2n) is 5.76. The van der Waals surface area contributed by atoms with Crippen LogP contribution in [0.2, 0.25) is 0 Å². The Bertz CT molecular complexity index is 349. The molecule has 0 amide bonds. The van der Waals surface area contributed by atoms with Crippen LogP contribution in [-0.4, -0.2) is 30.1 Å². The van der Waals surface area contributed by atoms with Crippen LogP contribution in [0.1, 0.15) is 58.3 Å². The molecule has 4 heteroatoms. The van der Waals surface area contributed by atoms with Gasteiger partial charge in [0, 0.05) is 25.9 Å². The molecule has 0 saturated heterocycles. The van der Waals surface area contributed by atoms with Crippen molar-refractivity contribution in [2.45, 2.75) is 58.3 Å². The largest absolute Gasteiger partial charge is 0.466 e. The number of hydrogen-bond donors (Lipinski definition) is 1. The molecule has 0 unspecified atom stereocenters. The number of allylic oxidation sites excluding steroid dienone is 2. The molecule has 120 valence electrons. The summed E-state index contributed by atoms with van der Waals surface area (Å²) in [4.78, 5) is 22.6. The fourth-order valence-corrected chi connectivity index (χ4v) is 2.87.